The molecule has 0 fully saturated rings. The van der Waals surface area contributed by atoms with Crippen LogP contribution in [0.3, 0.4) is 0 Å². The molecule has 0 aliphatic heterocycles. The van der Waals surface area contributed by atoms with E-state index in [0.717, 1.165) is 0 Å². The minimum atomic E-state index is -4.06. The maximum atomic E-state index is 12.8. The Morgan fingerprint density at radius 3 is 2.45 bits per heavy atom. The van der Waals surface area contributed by atoms with Crippen LogP contribution in [0, 0.1) is 6.92 Å². The Labute approximate surface area is 183 Å². The number of anilines is 1. The van der Waals surface area contributed by atoms with Gasteiger partial charge in [-0.05, 0) is 49.4 Å². The number of carbonyl (C=O) groups is 2. The Balaban J connectivity index is 1.76. The highest BCUT2D eigenvalue weighted by molar-refractivity contribution is 7.92. The van der Waals surface area contributed by atoms with Crippen LogP contribution in [0.15, 0.2) is 64.1 Å². The molecule has 11 heteroatoms. The molecule has 0 saturated carbocycles. The van der Waals surface area contributed by atoms with Crippen LogP contribution in [0.1, 0.15) is 26.5 Å². The number of halogens is 1. The first-order chi connectivity index (χ1) is 14.7. The lowest BCUT2D eigenvalue weighted by molar-refractivity contribution is 0.0845. The van der Waals surface area contributed by atoms with Gasteiger partial charge in [0.2, 0.25) is 0 Å². The van der Waals surface area contributed by atoms with E-state index in [4.69, 9.17) is 20.8 Å². The zero-order chi connectivity index (χ0) is 22.6. The number of ether oxygens (including phenoxy) is 1. The number of aryl methyl sites for hydroxylation is 1. The Morgan fingerprint density at radius 1 is 1.03 bits per heavy atom. The van der Waals surface area contributed by atoms with E-state index < -0.39 is 21.8 Å². The van der Waals surface area contributed by atoms with Gasteiger partial charge in [-0.1, -0.05) is 17.7 Å². The molecule has 0 spiro atoms. The van der Waals surface area contributed by atoms with Crippen molar-refractivity contribution in [3.63, 3.8) is 0 Å². The van der Waals surface area contributed by atoms with Gasteiger partial charge >= 0.3 is 0 Å². The Bertz CT molecular complexity index is 1240. The third-order valence-corrected chi connectivity index (χ3v) is 5.80. The molecule has 9 nitrogen and oxygen atoms in total. The Hall–Kier alpha value is -3.50. The molecule has 0 saturated heterocycles. The molecule has 2 aromatic carbocycles. The highest BCUT2D eigenvalue weighted by atomic mass is 35.5. The molecule has 3 rings (SSSR count). The molecule has 2 amide bonds. The molecule has 31 heavy (non-hydrogen) atoms. The van der Waals surface area contributed by atoms with Gasteiger partial charge in [-0.2, -0.15) is 0 Å². The van der Waals surface area contributed by atoms with E-state index in [1.165, 1.54) is 55.8 Å². The van der Waals surface area contributed by atoms with Gasteiger partial charge in [0.15, 0.2) is 0 Å². The van der Waals surface area contributed by atoms with E-state index in [1.807, 2.05) is 0 Å². The van der Waals surface area contributed by atoms with Gasteiger partial charge in [0, 0.05) is 10.6 Å². The summed E-state index contributed by atoms with van der Waals surface area (Å²) in [6.07, 6.45) is 1.35. The number of nitrogens with one attached hydrogen (secondary N) is 3. The molecule has 162 valence electrons. The fourth-order valence-corrected chi connectivity index (χ4v) is 3.92. The summed E-state index contributed by atoms with van der Waals surface area (Å²) in [5.41, 5.74) is 4.91. The van der Waals surface area contributed by atoms with Crippen molar-refractivity contribution in [2.24, 2.45) is 0 Å². The molecule has 0 unspecified atom stereocenters. The van der Waals surface area contributed by atoms with E-state index in [2.05, 4.69) is 15.6 Å². The normalized spacial score (nSPS) is 10.9. The summed E-state index contributed by atoms with van der Waals surface area (Å²) < 4.78 is 38.2. The molecule has 1 heterocycles. The lowest BCUT2D eigenvalue weighted by Crippen LogP contribution is -2.41. The molecule has 0 radical (unpaired) electrons. The molecule has 0 bridgehead atoms. The zero-order valence-corrected chi connectivity index (χ0v) is 18.0. The molecule has 3 aromatic rings. The summed E-state index contributed by atoms with van der Waals surface area (Å²) >= 11 is 5.94. The van der Waals surface area contributed by atoms with Crippen LogP contribution >= 0.6 is 11.6 Å². The number of rotatable bonds is 6. The van der Waals surface area contributed by atoms with Crippen LogP contribution in [-0.2, 0) is 10.0 Å². The van der Waals surface area contributed by atoms with Gasteiger partial charge in [-0.25, -0.2) is 8.42 Å². The summed E-state index contributed by atoms with van der Waals surface area (Å²) in [6.45, 7) is 1.60. The van der Waals surface area contributed by atoms with E-state index in [1.54, 1.807) is 13.0 Å². The zero-order valence-electron chi connectivity index (χ0n) is 16.4. The van der Waals surface area contributed by atoms with Gasteiger partial charge < -0.3 is 9.15 Å². The van der Waals surface area contributed by atoms with Crippen molar-refractivity contribution < 1.29 is 27.2 Å². The summed E-state index contributed by atoms with van der Waals surface area (Å²) in [7, 11) is -2.67. The molecule has 0 aliphatic carbocycles. The molecular formula is C20H18ClN3O6S. The third kappa shape index (κ3) is 5.16. The lowest BCUT2D eigenvalue weighted by Gasteiger charge is -2.13. The second-order valence-electron chi connectivity index (χ2n) is 6.28. The van der Waals surface area contributed by atoms with E-state index in [-0.39, 0.29) is 27.5 Å². The van der Waals surface area contributed by atoms with Gasteiger partial charge in [-0.15, -0.1) is 0 Å². The smallest absolute Gasteiger partial charge is 0.273 e. The number of carbonyl (C=O) groups excluding carboxylic acids is 2. The quantitative estimate of drug-likeness (QED) is 0.482. The van der Waals surface area contributed by atoms with E-state index >= 15 is 0 Å². The van der Waals surface area contributed by atoms with Gasteiger partial charge in [0.1, 0.15) is 11.5 Å². The minimum absolute atomic E-state index is 0.0187. The number of amides is 2. The molecule has 0 atom stereocenters. The lowest BCUT2D eigenvalue weighted by atomic mass is 10.2. The van der Waals surface area contributed by atoms with Crippen LogP contribution in [0.4, 0.5) is 5.69 Å². The number of hydrogen-bond acceptors (Lipinski definition) is 6. The number of sulfonamides is 1. The van der Waals surface area contributed by atoms with Crippen LogP contribution in [-0.4, -0.2) is 27.3 Å². The minimum Gasteiger partial charge on any atom is -0.495 e. The topological polar surface area (TPSA) is 127 Å². The predicted molar refractivity (Wildman–Crippen MR) is 114 cm³/mol. The van der Waals surface area contributed by atoms with Crippen molar-refractivity contribution in [1.29, 1.82) is 0 Å². The fraction of sp³-hybridized carbons (Fsp3) is 0.100. The Morgan fingerprint density at radius 2 is 1.77 bits per heavy atom. The molecular weight excluding hydrogens is 446 g/mol. The SMILES string of the molecule is COc1ccc(Cl)cc1NS(=O)(=O)c1cccc(C(=O)NNC(=O)c2ccoc2C)c1. The highest BCUT2D eigenvalue weighted by Crippen LogP contribution is 2.29. The first kappa shape index (κ1) is 22.2. The van der Waals surface area contributed by atoms with Crippen molar-refractivity contribution >= 4 is 39.1 Å². The van der Waals surface area contributed by atoms with Crippen molar-refractivity contribution in [2.75, 3.05) is 11.8 Å². The third-order valence-electron chi connectivity index (χ3n) is 4.21. The maximum absolute atomic E-state index is 12.8. The van der Waals surface area contributed by atoms with Gasteiger partial charge in [-0.3, -0.25) is 25.2 Å². The first-order valence-electron chi connectivity index (χ1n) is 8.82. The van der Waals surface area contributed by atoms with Gasteiger partial charge in [0.05, 0.1) is 29.5 Å². The second kappa shape index (κ2) is 9.11. The summed E-state index contributed by atoms with van der Waals surface area (Å²) in [6, 6.07) is 11.2. The fourth-order valence-electron chi connectivity index (χ4n) is 2.64. The summed E-state index contributed by atoms with van der Waals surface area (Å²) in [5.74, 6) is -0.605. The Kier molecular flexibility index (Phi) is 6.52. The van der Waals surface area contributed by atoms with Crippen molar-refractivity contribution in [1.82, 2.24) is 10.9 Å². The number of benzene rings is 2. The summed E-state index contributed by atoms with van der Waals surface area (Å²) in [5, 5.41) is 0.315. The first-order valence-corrected chi connectivity index (χ1v) is 10.7. The summed E-state index contributed by atoms with van der Waals surface area (Å²) in [4.78, 5) is 24.3. The standard InChI is InChI=1S/C20H18ClN3O6S/c1-12-16(8-9-30-12)20(26)23-22-19(25)13-4-3-5-15(10-13)31(27,28)24-17-11-14(21)6-7-18(17)29-2/h3-11,24H,1-2H3,(H,22,25)(H,23,26). The largest absolute Gasteiger partial charge is 0.495 e. The molecule has 1 aromatic heterocycles. The van der Waals surface area contributed by atoms with Crippen molar-refractivity contribution in [3.8, 4) is 5.75 Å². The average Bonchev–Trinajstić information content (AvgIpc) is 3.17. The number of hydrogen-bond donors (Lipinski definition) is 3. The number of furan rings is 1. The van der Waals surface area contributed by atoms with Crippen molar-refractivity contribution in [3.05, 3.63) is 76.7 Å². The average molecular weight is 464 g/mol. The van der Waals surface area contributed by atoms with Crippen LogP contribution < -0.4 is 20.3 Å². The monoisotopic (exact) mass is 463 g/mol. The van der Waals surface area contributed by atoms with Crippen LogP contribution in [0.25, 0.3) is 0 Å². The van der Waals surface area contributed by atoms with Crippen LogP contribution in [0.2, 0.25) is 5.02 Å². The highest BCUT2D eigenvalue weighted by Gasteiger charge is 2.19. The van der Waals surface area contributed by atoms with E-state index in [9.17, 15) is 18.0 Å². The molecule has 0 aliphatic rings. The van der Waals surface area contributed by atoms with E-state index in [0.29, 0.717) is 10.8 Å². The predicted octanol–water partition coefficient (Wildman–Crippen LogP) is 3.13. The number of methoxy groups -OCH3 is 1. The van der Waals surface area contributed by atoms with Gasteiger partial charge in [0.25, 0.3) is 21.8 Å². The maximum Gasteiger partial charge on any atom is 0.273 e. The van der Waals surface area contributed by atoms with Crippen molar-refractivity contribution in [2.45, 2.75) is 11.8 Å². The molecule has 3 N–H and O–H groups in total. The number of hydrazine groups is 1. The van der Waals surface area contributed by atoms with Crippen LogP contribution in [0.5, 0.6) is 5.75 Å². The second-order valence-corrected chi connectivity index (χ2v) is 8.40.